The van der Waals surface area contributed by atoms with Crippen molar-refractivity contribution < 1.29 is 9.84 Å². The van der Waals surface area contributed by atoms with E-state index in [0.717, 1.165) is 30.8 Å². The summed E-state index contributed by atoms with van der Waals surface area (Å²) in [6.07, 6.45) is 1.00. The SMILES string of the molecule is CCC(CO)CNCc1cc(C)c(OC)cc1C. The highest BCUT2D eigenvalue weighted by Gasteiger charge is 2.07. The van der Waals surface area contributed by atoms with Crippen molar-refractivity contribution in [1.29, 1.82) is 0 Å². The fourth-order valence-electron chi connectivity index (χ4n) is 2.01. The molecule has 1 aromatic carbocycles. The number of methoxy groups -OCH3 is 1. The summed E-state index contributed by atoms with van der Waals surface area (Å²) in [5, 5.41) is 12.5. The van der Waals surface area contributed by atoms with Gasteiger partial charge in [0.2, 0.25) is 0 Å². The Morgan fingerprint density at radius 2 is 2.00 bits per heavy atom. The first-order chi connectivity index (χ1) is 8.62. The number of aliphatic hydroxyl groups is 1. The first-order valence-corrected chi connectivity index (χ1v) is 6.58. The van der Waals surface area contributed by atoms with Crippen LogP contribution in [0, 0.1) is 19.8 Å². The van der Waals surface area contributed by atoms with Crippen LogP contribution >= 0.6 is 0 Å². The van der Waals surface area contributed by atoms with Gasteiger partial charge in [-0.2, -0.15) is 0 Å². The molecule has 0 aliphatic heterocycles. The molecule has 3 nitrogen and oxygen atoms in total. The molecule has 0 spiro atoms. The molecule has 0 heterocycles. The molecular weight excluding hydrogens is 226 g/mol. The number of benzene rings is 1. The molecule has 0 saturated carbocycles. The quantitative estimate of drug-likeness (QED) is 0.782. The van der Waals surface area contributed by atoms with Crippen LogP contribution in [0.15, 0.2) is 12.1 Å². The summed E-state index contributed by atoms with van der Waals surface area (Å²) in [5.41, 5.74) is 3.69. The van der Waals surface area contributed by atoms with Gasteiger partial charge in [-0.1, -0.05) is 13.0 Å². The molecule has 0 bridgehead atoms. The monoisotopic (exact) mass is 251 g/mol. The summed E-state index contributed by atoms with van der Waals surface area (Å²) in [6.45, 7) is 8.22. The third-order valence-corrected chi connectivity index (χ3v) is 3.44. The Morgan fingerprint density at radius 1 is 1.28 bits per heavy atom. The number of aliphatic hydroxyl groups excluding tert-OH is 1. The summed E-state index contributed by atoms with van der Waals surface area (Å²) in [6, 6.07) is 4.25. The lowest BCUT2D eigenvalue weighted by atomic mass is 10.0. The highest BCUT2D eigenvalue weighted by molar-refractivity contribution is 5.41. The van der Waals surface area contributed by atoms with Crippen LogP contribution in [0.3, 0.4) is 0 Å². The Morgan fingerprint density at radius 3 is 2.56 bits per heavy atom. The minimum atomic E-state index is 0.254. The molecule has 1 aromatic rings. The van der Waals surface area contributed by atoms with E-state index in [2.05, 4.69) is 38.2 Å². The van der Waals surface area contributed by atoms with E-state index >= 15 is 0 Å². The maximum absolute atomic E-state index is 9.13. The predicted molar refractivity (Wildman–Crippen MR) is 75.0 cm³/mol. The van der Waals surface area contributed by atoms with Crippen molar-refractivity contribution in [1.82, 2.24) is 5.32 Å². The Hall–Kier alpha value is -1.06. The lowest BCUT2D eigenvalue weighted by molar-refractivity contribution is 0.218. The predicted octanol–water partition coefficient (Wildman–Crippen LogP) is 2.42. The largest absolute Gasteiger partial charge is 0.496 e. The average Bonchev–Trinajstić information content (AvgIpc) is 2.38. The van der Waals surface area contributed by atoms with E-state index < -0.39 is 0 Å². The molecule has 1 unspecified atom stereocenters. The lowest BCUT2D eigenvalue weighted by Gasteiger charge is -2.15. The van der Waals surface area contributed by atoms with E-state index in [4.69, 9.17) is 9.84 Å². The molecule has 2 N–H and O–H groups in total. The molecule has 0 radical (unpaired) electrons. The zero-order chi connectivity index (χ0) is 13.5. The third-order valence-electron chi connectivity index (χ3n) is 3.44. The summed E-state index contributed by atoms with van der Waals surface area (Å²) < 4.78 is 5.30. The number of rotatable bonds is 7. The summed E-state index contributed by atoms with van der Waals surface area (Å²) in [7, 11) is 1.70. The molecule has 18 heavy (non-hydrogen) atoms. The Kier molecular flexibility index (Phi) is 6.16. The first-order valence-electron chi connectivity index (χ1n) is 6.58. The van der Waals surface area contributed by atoms with Crippen LogP contribution in [-0.4, -0.2) is 25.4 Å². The highest BCUT2D eigenvalue weighted by Crippen LogP contribution is 2.22. The van der Waals surface area contributed by atoms with Crippen molar-refractivity contribution >= 4 is 0 Å². The second-order valence-electron chi connectivity index (χ2n) is 4.84. The second kappa shape index (κ2) is 7.39. The van der Waals surface area contributed by atoms with Crippen LogP contribution in [0.1, 0.15) is 30.0 Å². The molecule has 3 heteroatoms. The Bertz CT molecular complexity index is 373. The van der Waals surface area contributed by atoms with E-state index in [1.54, 1.807) is 7.11 Å². The van der Waals surface area contributed by atoms with Crippen molar-refractivity contribution in [3.63, 3.8) is 0 Å². The number of hydrogen-bond donors (Lipinski definition) is 2. The van der Waals surface area contributed by atoms with Crippen LogP contribution in [0.2, 0.25) is 0 Å². The van der Waals surface area contributed by atoms with Crippen molar-refractivity contribution in [2.75, 3.05) is 20.3 Å². The molecule has 0 saturated heterocycles. The zero-order valence-corrected chi connectivity index (χ0v) is 11.9. The van der Waals surface area contributed by atoms with Gasteiger partial charge in [0.1, 0.15) is 5.75 Å². The van der Waals surface area contributed by atoms with E-state index in [-0.39, 0.29) is 6.61 Å². The van der Waals surface area contributed by atoms with Gasteiger partial charge in [-0.05, 0) is 48.9 Å². The van der Waals surface area contributed by atoms with E-state index in [1.165, 1.54) is 11.1 Å². The normalized spacial score (nSPS) is 12.5. The second-order valence-corrected chi connectivity index (χ2v) is 4.84. The van der Waals surface area contributed by atoms with Crippen molar-refractivity contribution in [2.45, 2.75) is 33.7 Å². The molecular formula is C15H25NO2. The minimum absolute atomic E-state index is 0.254. The smallest absolute Gasteiger partial charge is 0.122 e. The zero-order valence-electron chi connectivity index (χ0n) is 11.9. The standard InChI is InChI=1S/C15H25NO2/c1-5-13(10-17)8-16-9-14-6-12(3)15(18-4)7-11(14)2/h6-7,13,16-17H,5,8-10H2,1-4H3. The van der Waals surface area contributed by atoms with E-state index in [0.29, 0.717) is 5.92 Å². The van der Waals surface area contributed by atoms with E-state index in [1.807, 2.05) is 0 Å². The molecule has 1 rings (SSSR count). The minimum Gasteiger partial charge on any atom is -0.496 e. The topological polar surface area (TPSA) is 41.5 Å². The maximum atomic E-state index is 9.13. The molecule has 102 valence electrons. The summed E-state index contributed by atoms with van der Waals surface area (Å²) in [4.78, 5) is 0. The van der Waals surface area contributed by atoms with Gasteiger partial charge < -0.3 is 15.2 Å². The number of ether oxygens (including phenoxy) is 1. The van der Waals surface area contributed by atoms with Gasteiger partial charge in [0.05, 0.1) is 7.11 Å². The highest BCUT2D eigenvalue weighted by atomic mass is 16.5. The van der Waals surface area contributed by atoms with Gasteiger partial charge in [-0.25, -0.2) is 0 Å². The van der Waals surface area contributed by atoms with Gasteiger partial charge in [0, 0.05) is 19.7 Å². The Balaban J connectivity index is 2.60. The Labute approximate surface area is 110 Å². The molecule has 0 aliphatic rings. The lowest BCUT2D eigenvalue weighted by Crippen LogP contribution is -2.24. The molecule has 0 aliphatic carbocycles. The van der Waals surface area contributed by atoms with Gasteiger partial charge in [-0.3, -0.25) is 0 Å². The summed E-state index contributed by atoms with van der Waals surface area (Å²) in [5.74, 6) is 1.29. The number of nitrogens with one attached hydrogen (secondary N) is 1. The van der Waals surface area contributed by atoms with Crippen molar-refractivity contribution in [3.05, 3.63) is 28.8 Å². The first kappa shape index (κ1) is 15.0. The van der Waals surface area contributed by atoms with Crippen molar-refractivity contribution in [2.24, 2.45) is 5.92 Å². The van der Waals surface area contributed by atoms with Crippen LogP contribution in [0.4, 0.5) is 0 Å². The number of hydrogen-bond acceptors (Lipinski definition) is 3. The maximum Gasteiger partial charge on any atom is 0.122 e. The summed E-state index contributed by atoms with van der Waals surface area (Å²) >= 11 is 0. The van der Waals surface area contributed by atoms with Gasteiger partial charge in [0.15, 0.2) is 0 Å². The molecule has 0 fully saturated rings. The third kappa shape index (κ3) is 4.00. The fourth-order valence-corrected chi connectivity index (χ4v) is 2.01. The van der Waals surface area contributed by atoms with Gasteiger partial charge in [0.25, 0.3) is 0 Å². The van der Waals surface area contributed by atoms with Crippen LogP contribution in [-0.2, 0) is 6.54 Å². The fraction of sp³-hybridized carbons (Fsp3) is 0.600. The van der Waals surface area contributed by atoms with Crippen LogP contribution < -0.4 is 10.1 Å². The van der Waals surface area contributed by atoms with Crippen molar-refractivity contribution in [3.8, 4) is 5.75 Å². The molecule has 0 aromatic heterocycles. The van der Waals surface area contributed by atoms with Crippen LogP contribution in [0.25, 0.3) is 0 Å². The molecule has 1 atom stereocenters. The average molecular weight is 251 g/mol. The van der Waals surface area contributed by atoms with E-state index in [9.17, 15) is 0 Å². The molecule has 0 amide bonds. The van der Waals surface area contributed by atoms with Gasteiger partial charge >= 0.3 is 0 Å². The van der Waals surface area contributed by atoms with Crippen LogP contribution in [0.5, 0.6) is 5.75 Å². The number of aryl methyl sites for hydroxylation is 2. The van der Waals surface area contributed by atoms with Gasteiger partial charge in [-0.15, -0.1) is 0 Å².